The molecule has 4 aromatic rings. The third kappa shape index (κ3) is 3.37. The maximum atomic E-state index is 13.6. The maximum absolute atomic E-state index is 13.6. The number of aryl methyl sites for hydroxylation is 1. The summed E-state index contributed by atoms with van der Waals surface area (Å²) in [6.07, 6.45) is 0. The topological polar surface area (TPSA) is 56.2 Å². The predicted octanol–water partition coefficient (Wildman–Crippen LogP) is 5.11. The molecule has 0 unspecified atom stereocenters. The van der Waals surface area contributed by atoms with Crippen LogP contribution in [0.4, 0.5) is 10.1 Å². The molecule has 1 aliphatic heterocycles. The number of nitrogens with one attached hydrogen (secondary N) is 1. The van der Waals surface area contributed by atoms with Crippen LogP contribution in [-0.4, -0.2) is 22.3 Å². The molecule has 2 aromatic heterocycles. The number of nitrogens with zero attached hydrogens (tertiary/aromatic N) is 2. The van der Waals surface area contributed by atoms with Crippen molar-refractivity contribution in [3.05, 3.63) is 76.4 Å². The van der Waals surface area contributed by atoms with E-state index in [0.29, 0.717) is 18.0 Å². The first kappa shape index (κ1) is 18.6. The molecule has 0 saturated heterocycles. The Hall–Kier alpha value is -3.45. The van der Waals surface area contributed by atoms with Crippen LogP contribution in [0.15, 0.2) is 60.0 Å². The molecule has 3 heterocycles. The second kappa shape index (κ2) is 7.42. The Morgan fingerprint density at radius 1 is 1.17 bits per heavy atom. The third-order valence-electron chi connectivity index (χ3n) is 5.03. The summed E-state index contributed by atoms with van der Waals surface area (Å²) in [4.78, 5) is 12.9. The minimum absolute atomic E-state index is 0.0188. The van der Waals surface area contributed by atoms with Crippen molar-refractivity contribution in [2.45, 2.75) is 13.5 Å². The van der Waals surface area contributed by atoms with E-state index in [0.717, 1.165) is 28.1 Å². The Labute approximate surface area is 176 Å². The van der Waals surface area contributed by atoms with E-state index in [1.54, 1.807) is 23.5 Å². The summed E-state index contributed by atoms with van der Waals surface area (Å²) in [5, 5.41) is 9.70. The van der Waals surface area contributed by atoms with Crippen LogP contribution in [-0.2, 0) is 11.3 Å². The summed E-state index contributed by atoms with van der Waals surface area (Å²) >= 11 is 1.67. The minimum atomic E-state index is -0.282. The van der Waals surface area contributed by atoms with E-state index in [2.05, 4.69) is 11.4 Å². The lowest BCUT2D eigenvalue weighted by Crippen LogP contribution is -2.25. The van der Waals surface area contributed by atoms with Gasteiger partial charge in [-0.2, -0.15) is 5.10 Å². The first-order valence-electron chi connectivity index (χ1n) is 9.51. The summed E-state index contributed by atoms with van der Waals surface area (Å²) in [5.74, 6) is 0.184. The highest BCUT2D eigenvalue weighted by Gasteiger charge is 2.22. The van der Waals surface area contributed by atoms with Gasteiger partial charge in [-0.25, -0.2) is 4.39 Å². The van der Waals surface area contributed by atoms with E-state index in [1.165, 1.54) is 17.0 Å². The molecule has 0 fully saturated rings. The SMILES string of the molecule is Cc1nn(Cc2cccs2)c(-c2ccc(F)cc2)c1-c1ccc2c(c1)NC(=O)CO2. The van der Waals surface area contributed by atoms with Crippen LogP contribution in [0.5, 0.6) is 5.75 Å². The van der Waals surface area contributed by atoms with E-state index in [-0.39, 0.29) is 18.3 Å². The number of aromatic nitrogens is 2. The second-order valence-electron chi connectivity index (χ2n) is 7.10. The molecule has 0 bridgehead atoms. The van der Waals surface area contributed by atoms with Gasteiger partial charge in [0, 0.05) is 16.0 Å². The monoisotopic (exact) mass is 419 g/mol. The number of amides is 1. The summed E-state index contributed by atoms with van der Waals surface area (Å²) in [6.45, 7) is 2.60. The Morgan fingerprint density at radius 3 is 2.73 bits per heavy atom. The van der Waals surface area contributed by atoms with Crippen LogP contribution < -0.4 is 10.1 Å². The first-order chi connectivity index (χ1) is 14.6. The smallest absolute Gasteiger partial charge is 0.262 e. The Bertz CT molecular complexity index is 1230. The lowest BCUT2D eigenvalue weighted by atomic mass is 9.98. The summed E-state index contributed by atoms with van der Waals surface area (Å²) in [5.41, 5.74) is 5.13. The Morgan fingerprint density at radius 2 is 1.97 bits per heavy atom. The molecule has 0 spiro atoms. The van der Waals surface area contributed by atoms with Crippen molar-refractivity contribution in [2.24, 2.45) is 0 Å². The van der Waals surface area contributed by atoms with Gasteiger partial charge >= 0.3 is 0 Å². The normalized spacial score (nSPS) is 12.9. The number of fused-ring (bicyclic) bond motifs is 1. The van der Waals surface area contributed by atoms with E-state index in [1.807, 2.05) is 41.3 Å². The van der Waals surface area contributed by atoms with Gasteiger partial charge in [0.05, 0.1) is 23.6 Å². The number of ether oxygens (including phenoxy) is 1. The van der Waals surface area contributed by atoms with Crippen molar-refractivity contribution in [3.63, 3.8) is 0 Å². The van der Waals surface area contributed by atoms with Crippen LogP contribution in [0.1, 0.15) is 10.6 Å². The average molecular weight is 419 g/mol. The van der Waals surface area contributed by atoms with Gasteiger partial charge in [0.15, 0.2) is 6.61 Å². The molecule has 1 aliphatic rings. The molecule has 0 radical (unpaired) electrons. The largest absolute Gasteiger partial charge is 0.482 e. The molecule has 1 N–H and O–H groups in total. The number of carbonyl (C=O) groups is 1. The number of anilines is 1. The van der Waals surface area contributed by atoms with Crippen LogP contribution in [0.25, 0.3) is 22.4 Å². The Kier molecular flexibility index (Phi) is 4.59. The lowest BCUT2D eigenvalue weighted by Gasteiger charge is -2.19. The molecule has 1 amide bonds. The van der Waals surface area contributed by atoms with Gasteiger partial charge in [0.1, 0.15) is 11.6 Å². The van der Waals surface area contributed by atoms with Crippen molar-refractivity contribution in [1.82, 2.24) is 9.78 Å². The third-order valence-corrected chi connectivity index (χ3v) is 5.89. The molecule has 0 saturated carbocycles. The molecule has 5 nitrogen and oxygen atoms in total. The van der Waals surface area contributed by atoms with Crippen molar-refractivity contribution in [3.8, 4) is 28.1 Å². The van der Waals surface area contributed by atoms with E-state index in [4.69, 9.17) is 9.84 Å². The predicted molar refractivity (Wildman–Crippen MR) is 115 cm³/mol. The molecule has 7 heteroatoms. The van der Waals surface area contributed by atoms with E-state index < -0.39 is 0 Å². The van der Waals surface area contributed by atoms with Crippen molar-refractivity contribution in [2.75, 3.05) is 11.9 Å². The fourth-order valence-corrected chi connectivity index (χ4v) is 4.42. The van der Waals surface area contributed by atoms with Gasteiger partial charge in [0.2, 0.25) is 0 Å². The molecule has 0 atom stereocenters. The van der Waals surface area contributed by atoms with E-state index in [9.17, 15) is 9.18 Å². The minimum Gasteiger partial charge on any atom is -0.482 e. The van der Waals surface area contributed by atoms with Gasteiger partial charge in [-0.05, 0) is 60.3 Å². The summed E-state index contributed by atoms with van der Waals surface area (Å²) in [7, 11) is 0. The van der Waals surface area contributed by atoms with Gasteiger partial charge < -0.3 is 10.1 Å². The first-order valence-corrected chi connectivity index (χ1v) is 10.4. The summed E-state index contributed by atoms with van der Waals surface area (Å²) in [6, 6.07) is 16.3. The quantitative estimate of drug-likeness (QED) is 0.500. The van der Waals surface area contributed by atoms with Crippen LogP contribution in [0.2, 0.25) is 0 Å². The summed E-state index contributed by atoms with van der Waals surface area (Å²) < 4.78 is 21.0. The molecule has 0 aliphatic carbocycles. The number of rotatable bonds is 4. The fraction of sp³-hybridized carbons (Fsp3) is 0.130. The molecule has 5 rings (SSSR count). The molecular weight excluding hydrogens is 401 g/mol. The zero-order valence-electron chi connectivity index (χ0n) is 16.2. The molecular formula is C23H18FN3O2S. The van der Waals surface area contributed by atoms with Gasteiger partial charge in [-0.1, -0.05) is 12.1 Å². The average Bonchev–Trinajstić information content (AvgIpc) is 3.36. The number of hydrogen-bond donors (Lipinski definition) is 1. The van der Waals surface area contributed by atoms with E-state index >= 15 is 0 Å². The number of halogens is 1. The molecule has 150 valence electrons. The van der Waals surface area contributed by atoms with Crippen molar-refractivity contribution in [1.29, 1.82) is 0 Å². The number of thiophene rings is 1. The highest BCUT2D eigenvalue weighted by atomic mass is 32.1. The van der Waals surface area contributed by atoms with Crippen molar-refractivity contribution < 1.29 is 13.9 Å². The van der Waals surface area contributed by atoms with Gasteiger partial charge in [0.25, 0.3) is 5.91 Å². The Balaban J connectivity index is 1.68. The lowest BCUT2D eigenvalue weighted by molar-refractivity contribution is -0.118. The second-order valence-corrected chi connectivity index (χ2v) is 8.13. The van der Waals surface area contributed by atoms with Gasteiger partial charge in [-0.3, -0.25) is 9.48 Å². The fourth-order valence-electron chi connectivity index (χ4n) is 3.73. The number of benzene rings is 2. The highest BCUT2D eigenvalue weighted by Crippen LogP contribution is 2.39. The standard InChI is InChI=1S/C23H18FN3O2S/c1-14-22(16-6-9-20-19(11-16)25-21(28)13-29-20)23(15-4-7-17(24)8-5-15)27(26-14)12-18-3-2-10-30-18/h2-11H,12-13H2,1H3,(H,25,28). The van der Waals surface area contributed by atoms with Crippen LogP contribution in [0.3, 0.4) is 0 Å². The van der Waals surface area contributed by atoms with Crippen LogP contribution in [0, 0.1) is 12.7 Å². The van der Waals surface area contributed by atoms with Crippen molar-refractivity contribution >= 4 is 22.9 Å². The molecule has 30 heavy (non-hydrogen) atoms. The highest BCUT2D eigenvalue weighted by molar-refractivity contribution is 7.09. The number of hydrogen-bond acceptors (Lipinski definition) is 4. The molecule has 2 aromatic carbocycles. The van der Waals surface area contributed by atoms with Gasteiger partial charge in [-0.15, -0.1) is 11.3 Å². The maximum Gasteiger partial charge on any atom is 0.262 e. The zero-order valence-corrected chi connectivity index (χ0v) is 17.0. The number of carbonyl (C=O) groups excluding carboxylic acids is 1. The zero-order chi connectivity index (χ0) is 20.7. The van der Waals surface area contributed by atoms with Crippen LogP contribution >= 0.6 is 11.3 Å².